The number of carbonyl (C=O) groups is 1. The minimum absolute atomic E-state index is 0.0611. The second-order valence-electron chi connectivity index (χ2n) is 3.39. The molecule has 1 heterocycles. The number of sulfone groups is 1. The molecule has 0 spiro atoms. The van der Waals surface area contributed by atoms with Crippen molar-refractivity contribution in [2.24, 2.45) is 0 Å². The van der Waals surface area contributed by atoms with E-state index in [1.165, 1.54) is 12.3 Å². The number of pyridine rings is 1. The average molecular weight is 242 g/mol. The number of hydrogen-bond acceptors (Lipinski definition) is 4. The summed E-state index contributed by atoms with van der Waals surface area (Å²) in [6.07, 6.45) is 2.84. The number of rotatable bonds is 4. The topological polar surface area (TPSA) is 76.1 Å². The van der Waals surface area contributed by atoms with Gasteiger partial charge in [-0.25, -0.2) is 8.42 Å². The largest absolute Gasteiger partial charge is 0.350 e. The number of hydrogen-bond donors (Lipinski definition) is 1. The summed E-state index contributed by atoms with van der Waals surface area (Å²) in [4.78, 5) is 15.1. The highest BCUT2D eigenvalue weighted by molar-refractivity contribution is 7.90. The van der Waals surface area contributed by atoms with Gasteiger partial charge in [-0.15, -0.1) is 0 Å². The molecule has 1 N–H and O–H groups in total. The van der Waals surface area contributed by atoms with Gasteiger partial charge < -0.3 is 5.32 Å². The first-order valence-electron chi connectivity index (χ1n) is 4.85. The van der Waals surface area contributed by atoms with Gasteiger partial charge in [-0.3, -0.25) is 9.78 Å². The minimum Gasteiger partial charge on any atom is -0.350 e. The van der Waals surface area contributed by atoms with Crippen LogP contribution in [0.5, 0.6) is 0 Å². The molecule has 0 aliphatic carbocycles. The number of aromatic nitrogens is 1. The Morgan fingerprint density at radius 1 is 1.44 bits per heavy atom. The fraction of sp³-hybridized carbons (Fsp3) is 0.400. The zero-order valence-corrected chi connectivity index (χ0v) is 10.0. The number of nitrogens with one attached hydrogen (secondary N) is 1. The summed E-state index contributed by atoms with van der Waals surface area (Å²) in [7, 11) is -3.21. The number of amides is 1. The van der Waals surface area contributed by atoms with Crippen LogP contribution in [0.2, 0.25) is 0 Å². The van der Waals surface area contributed by atoms with Crippen LogP contribution >= 0.6 is 0 Å². The predicted molar refractivity (Wildman–Crippen MR) is 59.5 cm³/mol. The highest BCUT2D eigenvalue weighted by Crippen LogP contribution is 2.07. The van der Waals surface area contributed by atoms with E-state index >= 15 is 0 Å². The first-order valence-corrected chi connectivity index (χ1v) is 6.74. The lowest BCUT2D eigenvalue weighted by Crippen LogP contribution is -2.22. The van der Waals surface area contributed by atoms with Crippen molar-refractivity contribution in [3.8, 4) is 0 Å². The summed E-state index contributed by atoms with van der Waals surface area (Å²) in [6, 6.07) is 3.07. The molecule has 0 bridgehead atoms. The Morgan fingerprint density at radius 2 is 2.12 bits per heavy atom. The van der Waals surface area contributed by atoms with E-state index in [9.17, 15) is 13.2 Å². The van der Waals surface area contributed by atoms with Crippen LogP contribution in [0, 0.1) is 0 Å². The van der Waals surface area contributed by atoms with Gasteiger partial charge in [0.25, 0.3) is 0 Å². The van der Waals surface area contributed by atoms with Crippen LogP contribution in [0.1, 0.15) is 19.0 Å². The maximum Gasteiger partial charge on any atom is 0.220 e. The van der Waals surface area contributed by atoms with Crippen LogP contribution in [-0.2, 0) is 21.2 Å². The van der Waals surface area contributed by atoms with Crippen molar-refractivity contribution in [1.82, 2.24) is 10.3 Å². The van der Waals surface area contributed by atoms with E-state index in [-0.39, 0.29) is 10.8 Å². The lowest BCUT2D eigenvalue weighted by atomic mass is 10.3. The van der Waals surface area contributed by atoms with Gasteiger partial charge in [0.2, 0.25) is 5.91 Å². The molecular weight excluding hydrogens is 228 g/mol. The SMILES string of the molecule is CCC(=O)NCc1ccc(S(C)(=O)=O)cn1. The molecule has 16 heavy (non-hydrogen) atoms. The first-order chi connectivity index (χ1) is 7.43. The Balaban J connectivity index is 2.69. The van der Waals surface area contributed by atoms with Crippen molar-refractivity contribution in [3.63, 3.8) is 0 Å². The Labute approximate surface area is 94.8 Å². The number of nitrogens with zero attached hydrogens (tertiary/aromatic N) is 1. The molecule has 0 saturated carbocycles. The molecule has 0 aromatic carbocycles. The third kappa shape index (κ3) is 3.62. The second kappa shape index (κ2) is 5.07. The Morgan fingerprint density at radius 3 is 2.56 bits per heavy atom. The van der Waals surface area contributed by atoms with Crippen molar-refractivity contribution >= 4 is 15.7 Å². The highest BCUT2D eigenvalue weighted by atomic mass is 32.2. The molecule has 0 aliphatic rings. The van der Waals surface area contributed by atoms with Gasteiger partial charge in [0.15, 0.2) is 9.84 Å². The fourth-order valence-corrected chi connectivity index (χ4v) is 1.61. The van der Waals surface area contributed by atoms with E-state index in [4.69, 9.17) is 0 Å². The molecule has 0 unspecified atom stereocenters. The second-order valence-corrected chi connectivity index (χ2v) is 5.40. The van der Waals surface area contributed by atoms with Gasteiger partial charge in [0.1, 0.15) is 0 Å². The average Bonchev–Trinajstić information content (AvgIpc) is 2.25. The Hall–Kier alpha value is -1.43. The van der Waals surface area contributed by atoms with Gasteiger partial charge in [0, 0.05) is 18.9 Å². The van der Waals surface area contributed by atoms with Gasteiger partial charge in [0.05, 0.1) is 17.1 Å². The quantitative estimate of drug-likeness (QED) is 0.834. The summed E-state index contributed by atoms with van der Waals surface area (Å²) < 4.78 is 22.3. The molecule has 5 nitrogen and oxygen atoms in total. The molecule has 0 saturated heterocycles. The summed E-state index contributed by atoms with van der Waals surface area (Å²) in [5.74, 6) is -0.0611. The maximum atomic E-state index is 11.1. The highest BCUT2D eigenvalue weighted by Gasteiger charge is 2.07. The van der Waals surface area contributed by atoms with Gasteiger partial charge in [-0.2, -0.15) is 0 Å². The molecule has 0 aliphatic heterocycles. The fourth-order valence-electron chi connectivity index (χ4n) is 1.05. The van der Waals surface area contributed by atoms with E-state index in [0.29, 0.717) is 18.7 Å². The summed E-state index contributed by atoms with van der Waals surface area (Å²) in [5, 5.41) is 2.66. The summed E-state index contributed by atoms with van der Waals surface area (Å²) in [5.41, 5.74) is 0.634. The third-order valence-electron chi connectivity index (χ3n) is 2.01. The maximum absolute atomic E-state index is 11.1. The molecule has 0 atom stereocenters. The van der Waals surface area contributed by atoms with Gasteiger partial charge in [-0.05, 0) is 12.1 Å². The van der Waals surface area contributed by atoms with Crippen molar-refractivity contribution in [2.45, 2.75) is 24.8 Å². The van der Waals surface area contributed by atoms with E-state index < -0.39 is 9.84 Å². The molecule has 1 aromatic heterocycles. The predicted octanol–water partition coefficient (Wildman–Crippen LogP) is 0.511. The lowest BCUT2D eigenvalue weighted by molar-refractivity contribution is -0.120. The van der Waals surface area contributed by atoms with Gasteiger partial charge >= 0.3 is 0 Å². The molecule has 88 valence electrons. The van der Waals surface area contributed by atoms with Crippen molar-refractivity contribution in [3.05, 3.63) is 24.0 Å². The molecule has 0 radical (unpaired) electrons. The first kappa shape index (κ1) is 12.6. The smallest absolute Gasteiger partial charge is 0.220 e. The zero-order valence-electron chi connectivity index (χ0n) is 9.23. The van der Waals surface area contributed by atoms with Crippen LogP contribution in [0.15, 0.2) is 23.2 Å². The molecule has 0 fully saturated rings. The summed E-state index contributed by atoms with van der Waals surface area (Å²) in [6.45, 7) is 2.08. The molecule has 1 amide bonds. The third-order valence-corrected chi connectivity index (χ3v) is 3.11. The Bertz CT molecular complexity index is 465. The van der Waals surface area contributed by atoms with Gasteiger partial charge in [-0.1, -0.05) is 6.92 Å². The normalized spacial score (nSPS) is 11.1. The molecule has 6 heteroatoms. The van der Waals surface area contributed by atoms with E-state index in [1.807, 2.05) is 0 Å². The van der Waals surface area contributed by atoms with Crippen LogP contribution < -0.4 is 5.32 Å². The number of carbonyl (C=O) groups excluding carboxylic acids is 1. The molecular formula is C10H14N2O3S. The van der Waals surface area contributed by atoms with Crippen LogP contribution in [0.25, 0.3) is 0 Å². The van der Waals surface area contributed by atoms with Crippen molar-refractivity contribution in [1.29, 1.82) is 0 Å². The monoisotopic (exact) mass is 242 g/mol. The van der Waals surface area contributed by atoms with Crippen LogP contribution in [-0.4, -0.2) is 25.6 Å². The molecule has 1 aromatic rings. The Kier molecular flexibility index (Phi) is 4.00. The molecule has 1 rings (SSSR count). The van der Waals surface area contributed by atoms with E-state index in [0.717, 1.165) is 6.26 Å². The van der Waals surface area contributed by atoms with Crippen LogP contribution in [0.4, 0.5) is 0 Å². The zero-order chi connectivity index (χ0) is 12.2. The van der Waals surface area contributed by atoms with Crippen molar-refractivity contribution < 1.29 is 13.2 Å². The van der Waals surface area contributed by atoms with Crippen molar-refractivity contribution in [2.75, 3.05) is 6.26 Å². The summed E-state index contributed by atoms with van der Waals surface area (Å²) >= 11 is 0. The standard InChI is InChI=1S/C10H14N2O3S/c1-3-10(13)12-6-8-4-5-9(7-11-8)16(2,14)15/h4-5,7H,3,6H2,1-2H3,(H,12,13). The van der Waals surface area contributed by atoms with E-state index in [2.05, 4.69) is 10.3 Å². The van der Waals surface area contributed by atoms with E-state index in [1.54, 1.807) is 13.0 Å². The van der Waals surface area contributed by atoms with Crippen LogP contribution in [0.3, 0.4) is 0 Å². The minimum atomic E-state index is -3.21. The lowest BCUT2D eigenvalue weighted by Gasteiger charge is -2.03.